The quantitative estimate of drug-likeness (QED) is 0.411. The Bertz CT molecular complexity index is 1050. The van der Waals surface area contributed by atoms with Crippen molar-refractivity contribution >= 4 is 17.9 Å². The average Bonchev–Trinajstić information content (AvgIpc) is 2.81. The second-order valence-corrected chi connectivity index (χ2v) is 7.45. The number of hydrogen-bond donors (Lipinski definition) is 0. The Morgan fingerprint density at radius 3 is 2.23 bits per heavy atom. The summed E-state index contributed by atoms with van der Waals surface area (Å²) in [6.07, 6.45) is 2.17. The number of benzene rings is 3. The summed E-state index contributed by atoms with van der Waals surface area (Å²) in [6.45, 7) is 4.23. The van der Waals surface area contributed by atoms with Crippen LogP contribution in [0.15, 0.2) is 90.7 Å². The molecule has 0 saturated heterocycles. The molecule has 0 amide bonds. The number of nitrogens with zero attached hydrogens (tertiary/aromatic N) is 1. The van der Waals surface area contributed by atoms with E-state index >= 15 is 0 Å². The average molecular weight is 414 g/mol. The van der Waals surface area contributed by atoms with Crippen LogP contribution in [-0.4, -0.2) is 12.8 Å². The molecule has 0 aliphatic carbocycles. The normalized spacial score (nSPS) is 16.1. The van der Waals surface area contributed by atoms with Crippen molar-refractivity contribution in [2.24, 2.45) is 0 Å². The van der Waals surface area contributed by atoms with Crippen molar-refractivity contribution in [3.63, 3.8) is 0 Å². The lowest BCUT2D eigenvalue weighted by atomic mass is 9.90. The van der Waals surface area contributed by atoms with E-state index in [2.05, 4.69) is 66.4 Å². The molecule has 158 valence electrons. The highest BCUT2D eigenvalue weighted by Crippen LogP contribution is 2.46. The molecule has 0 aromatic heterocycles. The van der Waals surface area contributed by atoms with Crippen LogP contribution in [-0.2, 0) is 9.47 Å². The van der Waals surface area contributed by atoms with Crippen LogP contribution in [0.2, 0.25) is 0 Å². The maximum absolute atomic E-state index is 12.3. The predicted octanol–water partition coefficient (Wildman–Crippen LogP) is 6.91. The molecule has 3 aromatic carbocycles. The molecule has 0 N–H and O–H groups in total. The fourth-order valence-corrected chi connectivity index (χ4v) is 4.26. The summed E-state index contributed by atoms with van der Waals surface area (Å²) in [7, 11) is 0. The minimum absolute atomic E-state index is 0.0991. The Hall–Kier alpha value is -3.53. The van der Waals surface area contributed by atoms with Gasteiger partial charge in [-0.3, -0.25) is 0 Å². The van der Waals surface area contributed by atoms with E-state index in [9.17, 15) is 4.79 Å². The zero-order chi connectivity index (χ0) is 21.6. The maximum Gasteiger partial charge on any atom is 0.513 e. The molecular formula is C27H27NO3. The third-order valence-corrected chi connectivity index (χ3v) is 5.55. The van der Waals surface area contributed by atoms with Gasteiger partial charge in [-0.2, -0.15) is 0 Å². The molecule has 0 saturated carbocycles. The molecule has 4 nitrogen and oxygen atoms in total. The zero-order valence-corrected chi connectivity index (χ0v) is 17.9. The van der Waals surface area contributed by atoms with E-state index in [0.717, 1.165) is 23.2 Å². The van der Waals surface area contributed by atoms with Gasteiger partial charge in [-0.15, -0.1) is 0 Å². The van der Waals surface area contributed by atoms with E-state index in [1.807, 2.05) is 36.4 Å². The lowest BCUT2D eigenvalue weighted by Gasteiger charge is -2.43. The monoisotopic (exact) mass is 413 g/mol. The Labute approximate surface area is 183 Å². The molecule has 4 heteroatoms. The SMILES string of the molecule is CCOC(=O)OC1=Cc2ccccc2N(C(CC)c2ccccc2)[C@H]1c1ccccc1. The first kappa shape index (κ1) is 20.7. The molecule has 1 heterocycles. The van der Waals surface area contributed by atoms with E-state index in [1.54, 1.807) is 6.92 Å². The van der Waals surface area contributed by atoms with Gasteiger partial charge in [0.15, 0.2) is 0 Å². The van der Waals surface area contributed by atoms with Crippen LogP contribution < -0.4 is 4.90 Å². The van der Waals surface area contributed by atoms with E-state index in [4.69, 9.17) is 9.47 Å². The van der Waals surface area contributed by atoms with Crippen LogP contribution in [0, 0.1) is 0 Å². The number of anilines is 1. The number of rotatable bonds is 6. The van der Waals surface area contributed by atoms with Crippen molar-refractivity contribution in [2.75, 3.05) is 11.5 Å². The van der Waals surface area contributed by atoms with E-state index in [1.165, 1.54) is 5.56 Å². The van der Waals surface area contributed by atoms with Crippen LogP contribution in [0.25, 0.3) is 6.08 Å². The van der Waals surface area contributed by atoms with Crippen LogP contribution >= 0.6 is 0 Å². The molecule has 0 bridgehead atoms. The lowest BCUT2D eigenvalue weighted by molar-refractivity contribution is 0.0776. The van der Waals surface area contributed by atoms with Gasteiger partial charge in [0.1, 0.15) is 11.8 Å². The second-order valence-electron chi connectivity index (χ2n) is 7.45. The van der Waals surface area contributed by atoms with Crippen molar-refractivity contribution in [1.82, 2.24) is 0 Å². The number of carbonyl (C=O) groups is 1. The third-order valence-electron chi connectivity index (χ3n) is 5.55. The van der Waals surface area contributed by atoms with E-state index in [-0.39, 0.29) is 18.7 Å². The molecule has 0 spiro atoms. The van der Waals surface area contributed by atoms with E-state index < -0.39 is 6.16 Å². The van der Waals surface area contributed by atoms with E-state index in [0.29, 0.717) is 5.76 Å². The molecule has 1 aliphatic heterocycles. The highest BCUT2D eigenvalue weighted by atomic mass is 16.7. The first-order valence-corrected chi connectivity index (χ1v) is 10.8. The van der Waals surface area contributed by atoms with Gasteiger partial charge in [0.05, 0.1) is 12.6 Å². The van der Waals surface area contributed by atoms with Crippen LogP contribution in [0.3, 0.4) is 0 Å². The molecule has 4 rings (SSSR count). The van der Waals surface area contributed by atoms with Gasteiger partial charge in [-0.05, 0) is 36.6 Å². The van der Waals surface area contributed by atoms with Crippen molar-refractivity contribution in [3.05, 3.63) is 107 Å². The maximum atomic E-state index is 12.3. The third kappa shape index (κ3) is 4.33. The largest absolute Gasteiger partial charge is 0.513 e. The number of para-hydroxylation sites is 1. The lowest BCUT2D eigenvalue weighted by Crippen LogP contribution is -2.37. The van der Waals surface area contributed by atoms with Gasteiger partial charge in [0.2, 0.25) is 0 Å². The molecule has 0 radical (unpaired) electrons. The summed E-state index contributed by atoms with van der Waals surface area (Å²) < 4.78 is 10.9. The van der Waals surface area contributed by atoms with Crippen LogP contribution in [0.4, 0.5) is 10.5 Å². The highest BCUT2D eigenvalue weighted by molar-refractivity contribution is 5.77. The first-order valence-electron chi connectivity index (χ1n) is 10.8. The summed E-state index contributed by atoms with van der Waals surface area (Å²) in [5.41, 5.74) is 4.41. The predicted molar refractivity (Wildman–Crippen MR) is 124 cm³/mol. The summed E-state index contributed by atoms with van der Waals surface area (Å²) in [5, 5.41) is 0. The minimum atomic E-state index is -0.679. The van der Waals surface area contributed by atoms with Gasteiger partial charge in [0, 0.05) is 11.3 Å². The fraction of sp³-hybridized carbons (Fsp3) is 0.222. The van der Waals surface area contributed by atoms with Gasteiger partial charge in [0.25, 0.3) is 0 Å². The van der Waals surface area contributed by atoms with Gasteiger partial charge >= 0.3 is 6.16 Å². The summed E-state index contributed by atoms with van der Waals surface area (Å²) >= 11 is 0. The topological polar surface area (TPSA) is 38.8 Å². The number of ether oxygens (including phenoxy) is 2. The van der Waals surface area contributed by atoms with Crippen LogP contribution in [0.1, 0.15) is 49.0 Å². The molecule has 3 aromatic rings. The molecule has 2 atom stereocenters. The number of carbonyl (C=O) groups excluding carboxylic acids is 1. The van der Waals surface area contributed by atoms with Crippen molar-refractivity contribution in [1.29, 1.82) is 0 Å². The minimum Gasteiger partial charge on any atom is -0.434 e. The fourth-order valence-electron chi connectivity index (χ4n) is 4.26. The van der Waals surface area contributed by atoms with Crippen molar-refractivity contribution < 1.29 is 14.3 Å². The van der Waals surface area contributed by atoms with Gasteiger partial charge in [-0.25, -0.2) is 4.79 Å². The zero-order valence-electron chi connectivity index (χ0n) is 17.9. The molecule has 1 aliphatic rings. The molecule has 31 heavy (non-hydrogen) atoms. The molecule has 1 unspecified atom stereocenters. The Morgan fingerprint density at radius 1 is 0.903 bits per heavy atom. The van der Waals surface area contributed by atoms with Gasteiger partial charge < -0.3 is 14.4 Å². The van der Waals surface area contributed by atoms with Crippen molar-refractivity contribution in [3.8, 4) is 0 Å². The molecular weight excluding hydrogens is 386 g/mol. The second kappa shape index (κ2) is 9.52. The smallest absolute Gasteiger partial charge is 0.434 e. The summed E-state index contributed by atoms with van der Waals surface area (Å²) in [5.74, 6) is 0.567. The summed E-state index contributed by atoms with van der Waals surface area (Å²) in [6, 6.07) is 28.7. The summed E-state index contributed by atoms with van der Waals surface area (Å²) in [4.78, 5) is 14.7. The van der Waals surface area contributed by atoms with Crippen molar-refractivity contribution in [2.45, 2.75) is 32.4 Å². The molecule has 0 fully saturated rings. The van der Waals surface area contributed by atoms with Crippen LogP contribution in [0.5, 0.6) is 0 Å². The van der Waals surface area contributed by atoms with Gasteiger partial charge in [-0.1, -0.05) is 85.8 Å². The first-order chi connectivity index (χ1) is 15.2. The Morgan fingerprint density at radius 2 is 1.55 bits per heavy atom. The number of fused-ring (bicyclic) bond motifs is 1. The standard InChI is InChI=1S/C27H27NO3/c1-3-23(20-13-7-5-8-14-20)28-24-18-12-11-17-22(24)19-25(31-27(29)30-4-2)26(28)21-15-9-6-10-16-21/h5-19,23,26H,3-4H2,1-2H3/t23?,26-/m0/s1. The Balaban J connectivity index is 1.89. The highest BCUT2D eigenvalue weighted by Gasteiger charge is 2.36. The number of hydrogen-bond acceptors (Lipinski definition) is 4. The Kier molecular flexibility index (Phi) is 6.37.